The normalized spacial score (nSPS) is 11.3. The number of nitrogens with zero attached hydrogens (tertiary/aromatic N) is 1. The number of carboxylic acids is 1. The summed E-state index contributed by atoms with van der Waals surface area (Å²) in [4.78, 5) is 19.4. The van der Waals surface area contributed by atoms with Gasteiger partial charge in [-0.25, -0.2) is 9.78 Å². The molecule has 0 aliphatic heterocycles. The Morgan fingerprint density at radius 2 is 1.72 bits per heavy atom. The predicted octanol–water partition coefficient (Wildman–Crippen LogP) is 6.41. The number of rotatable bonds is 5. The molecule has 4 aromatic carbocycles. The Balaban J connectivity index is 1.58. The summed E-state index contributed by atoms with van der Waals surface area (Å²) < 4.78 is 0. The van der Waals surface area contributed by atoms with Crippen molar-refractivity contribution in [2.45, 2.75) is 19.8 Å². The molecule has 0 saturated heterocycles. The van der Waals surface area contributed by atoms with Gasteiger partial charge in [-0.05, 0) is 52.8 Å². The molecule has 3 N–H and O–H groups in total. The number of carboxylic acid groups (broad SMARTS) is 1. The summed E-state index contributed by atoms with van der Waals surface area (Å²) in [5.74, 6) is -0.479. The fourth-order valence-electron chi connectivity index (χ4n) is 4.17. The molecule has 0 aliphatic carbocycles. The molecule has 0 radical (unpaired) electrons. The van der Waals surface area contributed by atoms with E-state index in [9.17, 15) is 15.0 Å². The lowest BCUT2D eigenvalue weighted by molar-refractivity contribution is 0.0696. The van der Waals surface area contributed by atoms with Gasteiger partial charge < -0.3 is 15.2 Å². The van der Waals surface area contributed by atoms with Gasteiger partial charge in [0, 0.05) is 5.56 Å². The zero-order chi connectivity index (χ0) is 22.2. The zero-order valence-corrected chi connectivity index (χ0v) is 17.6. The molecule has 0 bridgehead atoms. The molecule has 0 atom stereocenters. The highest BCUT2D eigenvalue weighted by Crippen LogP contribution is 2.34. The first-order chi connectivity index (χ1) is 15.5. The van der Waals surface area contributed by atoms with Crippen molar-refractivity contribution in [1.29, 1.82) is 0 Å². The molecule has 5 heteroatoms. The number of hydrogen-bond acceptors (Lipinski definition) is 3. The fraction of sp³-hybridized carbons (Fsp3) is 0.111. The van der Waals surface area contributed by atoms with Crippen molar-refractivity contribution in [2.75, 3.05) is 0 Å². The van der Waals surface area contributed by atoms with Crippen LogP contribution >= 0.6 is 0 Å². The van der Waals surface area contributed by atoms with E-state index in [2.05, 4.69) is 48.3 Å². The van der Waals surface area contributed by atoms with Crippen LogP contribution in [0.3, 0.4) is 0 Å². The Hall–Kier alpha value is -4.12. The molecule has 158 valence electrons. The lowest BCUT2D eigenvalue weighted by Crippen LogP contribution is -1.95. The highest BCUT2D eigenvalue weighted by molar-refractivity contribution is 6.10. The number of carbonyl (C=O) groups is 1. The number of imidazole rings is 1. The first-order valence-electron chi connectivity index (χ1n) is 10.6. The van der Waals surface area contributed by atoms with Gasteiger partial charge in [0.05, 0.1) is 16.5 Å². The van der Waals surface area contributed by atoms with Gasteiger partial charge in [-0.2, -0.15) is 0 Å². The van der Waals surface area contributed by atoms with Gasteiger partial charge in [-0.1, -0.05) is 61.9 Å². The molecule has 1 heterocycles. The van der Waals surface area contributed by atoms with Crippen LogP contribution in [-0.4, -0.2) is 26.2 Å². The van der Waals surface area contributed by atoms with Crippen LogP contribution in [0.5, 0.6) is 5.75 Å². The third kappa shape index (κ3) is 3.48. The van der Waals surface area contributed by atoms with Gasteiger partial charge in [-0.3, -0.25) is 0 Å². The highest BCUT2D eigenvalue weighted by atomic mass is 16.4. The molecule has 1 aromatic heterocycles. The maximum atomic E-state index is 11.3. The van der Waals surface area contributed by atoms with E-state index in [1.54, 1.807) is 12.1 Å². The van der Waals surface area contributed by atoms with Crippen LogP contribution in [0.15, 0.2) is 72.8 Å². The summed E-state index contributed by atoms with van der Waals surface area (Å²) in [5, 5.41) is 21.0. The SMILES string of the molecule is CCCc1ccc(-c2cccc(-c3nc4c(ccc5cc(C(=O)O)cc(O)c54)[nH]3)c2)cc1. The number of phenolic OH excluding ortho intramolecular Hbond substituents is 1. The smallest absolute Gasteiger partial charge is 0.335 e. The van der Waals surface area contributed by atoms with Crippen LogP contribution in [0, 0.1) is 0 Å². The van der Waals surface area contributed by atoms with Gasteiger partial charge in [0.25, 0.3) is 0 Å². The summed E-state index contributed by atoms with van der Waals surface area (Å²) in [7, 11) is 0. The van der Waals surface area contributed by atoms with Crippen molar-refractivity contribution in [3.63, 3.8) is 0 Å². The maximum absolute atomic E-state index is 11.3. The second-order valence-electron chi connectivity index (χ2n) is 7.97. The third-order valence-electron chi connectivity index (χ3n) is 5.76. The van der Waals surface area contributed by atoms with Crippen LogP contribution in [0.25, 0.3) is 44.3 Å². The largest absolute Gasteiger partial charge is 0.507 e. The van der Waals surface area contributed by atoms with E-state index >= 15 is 0 Å². The van der Waals surface area contributed by atoms with Gasteiger partial charge in [0.2, 0.25) is 0 Å². The average molecular weight is 422 g/mol. The number of fused-ring (bicyclic) bond motifs is 3. The van der Waals surface area contributed by atoms with E-state index in [-0.39, 0.29) is 11.3 Å². The molecular formula is C27H22N2O3. The minimum Gasteiger partial charge on any atom is -0.507 e. The van der Waals surface area contributed by atoms with E-state index in [1.165, 1.54) is 11.6 Å². The Morgan fingerprint density at radius 1 is 0.938 bits per heavy atom. The zero-order valence-electron chi connectivity index (χ0n) is 17.6. The molecule has 5 rings (SSSR count). The number of aromatic hydroxyl groups is 1. The predicted molar refractivity (Wildman–Crippen MR) is 127 cm³/mol. The quantitative estimate of drug-likeness (QED) is 0.306. The Bertz CT molecular complexity index is 1470. The number of phenols is 1. The number of aromatic nitrogens is 2. The molecule has 5 nitrogen and oxygen atoms in total. The highest BCUT2D eigenvalue weighted by Gasteiger charge is 2.15. The lowest BCUT2D eigenvalue weighted by atomic mass is 10.0. The van der Waals surface area contributed by atoms with Crippen LogP contribution in [0.2, 0.25) is 0 Å². The summed E-state index contributed by atoms with van der Waals surface area (Å²) in [6.07, 6.45) is 2.21. The first kappa shape index (κ1) is 19.8. The minimum absolute atomic E-state index is 0.0442. The van der Waals surface area contributed by atoms with Crippen LogP contribution in [-0.2, 0) is 6.42 Å². The summed E-state index contributed by atoms with van der Waals surface area (Å²) in [6.45, 7) is 2.18. The van der Waals surface area contributed by atoms with E-state index in [1.807, 2.05) is 18.2 Å². The van der Waals surface area contributed by atoms with Crippen molar-refractivity contribution in [2.24, 2.45) is 0 Å². The van der Waals surface area contributed by atoms with Gasteiger partial charge in [0.1, 0.15) is 17.1 Å². The molecule has 0 saturated carbocycles. The van der Waals surface area contributed by atoms with E-state index in [0.717, 1.165) is 35.0 Å². The number of aryl methyl sites for hydroxylation is 1. The Kier molecular flexibility index (Phi) is 4.86. The van der Waals surface area contributed by atoms with Crippen LogP contribution < -0.4 is 0 Å². The van der Waals surface area contributed by atoms with Crippen molar-refractivity contribution in [3.8, 4) is 28.3 Å². The maximum Gasteiger partial charge on any atom is 0.335 e. The van der Waals surface area contributed by atoms with E-state index < -0.39 is 5.97 Å². The van der Waals surface area contributed by atoms with Crippen molar-refractivity contribution >= 4 is 27.8 Å². The molecule has 0 fully saturated rings. The number of nitrogens with one attached hydrogen (secondary N) is 1. The third-order valence-corrected chi connectivity index (χ3v) is 5.76. The Labute approximate surface area is 185 Å². The second-order valence-corrected chi connectivity index (χ2v) is 7.97. The minimum atomic E-state index is -1.08. The number of H-pyrrole nitrogens is 1. The van der Waals surface area contributed by atoms with Crippen molar-refractivity contribution in [1.82, 2.24) is 9.97 Å². The molecule has 0 spiro atoms. The first-order valence-corrected chi connectivity index (χ1v) is 10.6. The molecular weight excluding hydrogens is 400 g/mol. The number of hydrogen-bond donors (Lipinski definition) is 3. The number of aromatic carboxylic acids is 1. The monoisotopic (exact) mass is 422 g/mol. The van der Waals surface area contributed by atoms with Crippen LogP contribution in [0.1, 0.15) is 29.3 Å². The molecule has 0 aliphatic rings. The lowest BCUT2D eigenvalue weighted by Gasteiger charge is -2.06. The van der Waals surface area contributed by atoms with Gasteiger partial charge in [0.15, 0.2) is 0 Å². The summed E-state index contributed by atoms with van der Waals surface area (Å²) in [5.41, 5.74) is 5.95. The molecule has 0 amide bonds. The average Bonchev–Trinajstić information content (AvgIpc) is 3.24. The standard InChI is InChI=1S/C27H22N2O3/c1-2-4-16-7-9-17(10-8-16)18-5-3-6-20(13-18)26-28-22-12-11-19-14-21(27(31)32)15-23(30)24(19)25(22)29-26/h3,5-15,30H,2,4H2,1H3,(H,28,29)(H,31,32). The van der Waals surface area contributed by atoms with Crippen LogP contribution in [0.4, 0.5) is 0 Å². The van der Waals surface area contributed by atoms with Gasteiger partial charge in [-0.15, -0.1) is 0 Å². The van der Waals surface area contributed by atoms with Crippen molar-refractivity contribution in [3.05, 3.63) is 83.9 Å². The summed E-state index contributed by atoms with van der Waals surface area (Å²) >= 11 is 0. The summed E-state index contributed by atoms with van der Waals surface area (Å²) in [6, 6.07) is 23.3. The molecule has 0 unspecified atom stereocenters. The van der Waals surface area contributed by atoms with E-state index in [0.29, 0.717) is 22.1 Å². The van der Waals surface area contributed by atoms with Gasteiger partial charge >= 0.3 is 5.97 Å². The number of benzene rings is 4. The van der Waals surface area contributed by atoms with E-state index in [4.69, 9.17) is 4.98 Å². The Morgan fingerprint density at radius 3 is 2.47 bits per heavy atom. The fourth-order valence-corrected chi connectivity index (χ4v) is 4.17. The number of aromatic amines is 1. The second kappa shape index (κ2) is 7.85. The molecule has 5 aromatic rings. The topological polar surface area (TPSA) is 86.2 Å². The van der Waals surface area contributed by atoms with Crippen molar-refractivity contribution < 1.29 is 15.0 Å². The molecule has 32 heavy (non-hydrogen) atoms.